The molecule has 0 radical (unpaired) electrons. The van der Waals surface area contributed by atoms with Gasteiger partial charge in [0.25, 0.3) is 5.19 Å². The third-order valence-corrected chi connectivity index (χ3v) is 3.02. The number of ether oxygens (including phenoxy) is 1. The highest BCUT2D eigenvalue weighted by atomic mass is 32.1. The van der Waals surface area contributed by atoms with Crippen LogP contribution < -0.4 is 10.4 Å². The van der Waals surface area contributed by atoms with Gasteiger partial charge < -0.3 is 4.74 Å². The zero-order chi connectivity index (χ0) is 15.0. The molecule has 3 rings (SSSR count). The van der Waals surface area contributed by atoms with Gasteiger partial charge in [0.05, 0.1) is 1.37 Å². The Hall–Kier alpha value is -2.56. The molecular formula is C9H10N8O2S. The number of hydrogen-bond acceptors (Lipinski definition) is 8. The van der Waals surface area contributed by atoms with Crippen molar-refractivity contribution in [3.63, 3.8) is 0 Å². The lowest BCUT2D eigenvalue weighted by molar-refractivity contribution is 0.298. The Morgan fingerprint density at radius 3 is 2.90 bits per heavy atom. The number of aromatic nitrogens is 8. The van der Waals surface area contributed by atoms with Crippen molar-refractivity contribution in [1.29, 1.82) is 0 Å². The van der Waals surface area contributed by atoms with Gasteiger partial charge in [-0.2, -0.15) is 14.6 Å². The minimum Gasteiger partial charge on any atom is -0.463 e. The predicted octanol–water partition coefficient (Wildman–Crippen LogP) is -0.870. The largest absolute Gasteiger partial charge is 0.463 e. The number of hydrogen-bond donors (Lipinski definition) is 0. The maximum atomic E-state index is 11.9. The molecule has 20 heavy (non-hydrogen) atoms. The van der Waals surface area contributed by atoms with Crippen LogP contribution in [0.1, 0.15) is 7.06 Å². The Balaban J connectivity index is 1.89. The number of thiazole rings is 1. The SMILES string of the molecule is [3H]c1csc(OCc2nn(C)nc2-n2nnn(C)c2=O)n1. The molecule has 3 heterocycles. The summed E-state index contributed by atoms with van der Waals surface area (Å²) in [6, 6.07) is 0. The second-order valence-corrected chi connectivity index (χ2v) is 4.61. The number of nitrogens with zero attached hydrogens (tertiary/aromatic N) is 8. The lowest BCUT2D eigenvalue weighted by atomic mass is 10.4. The van der Waals surface area contributed by atoms with Gasteiger partial charge >= 0.3 is 5.69 Å². The number of rotatable bonds is 4. The van der Waals surface area contributed by atoms with Crippen molar-refractivity contribution in [3.05, 3.63) is 27.7 Å². The molecule has 0 N–H and O–H groups in total. The van der Waals surface area contributed by atoms with E-state index in [1.165, 1.54) is 23.2 Å². The summed E-state index contributed by atoms with van der Waals surface area (Å²) < 4.78 is 14.9. The highest BCUT2D eigenvalue weighted by molar-refractivity contribution is 7.11. The minimum absolute atomic E-state index is 0.0547. The standard InChI is InChI=1S/C9H10N8O2S/c1-15-9(18)17(14-13-15)7-6(11-16(2)12-7)5-19-8-10-3-4-20-8/h3-4H,5H2,1-2H3/i3T. The molecule has 0 atom stereocenters. The van der Waals surface area contributed by atoms with Gasteiger partial charge in [-0.3, -0.25) is 0 Å². The van der Waals surface area contributed by atoms with E-state index in [0.717, 1.165) is 9.36 Å². The summed E-state index contributed by atoms with van der Waals surface area (Å²) in [6.45, 7) is 0.0547. The van der Waals surface area contributed by atoms with Crippen molar-refractivity contribution in [2.75, 3.05) is 0 Å². The lowest BCUT2D eigenvalue weighted by Gasteiger charge is -2.00. The Morgan fingerprint density at radius 2 is 2.25 bits per heavy atom. The van der Waals surface area contributed by atoms with Crippen LogP contribution in [0.2, 0.25) is 0 Å². The molecule has 0 fully saturated rings. The summed E-state index contributed by atoms with van der Waals surface area (Å²) in [4.78, 5) is 17.0. The van der Waals surface area contributed by atoms with E-state index in [-0.39, 0.29) is 18.6 Å². The average molecular weight is 296 g/mol. The van der Waals surface area contributed by atoms with E-state index < -0.39 is 5.69 Å². The van der Waals surface area contributed by atoms with E-state index in [0.29, 0.717) is 10.9 Å². The maximum absolute atomic E-state index is 11.9. The fourth-order valence-corrected chi connectivity index (χ4v) is 1.96. The molecule has 0 aromatic carbocycles. The fourth-order valence-electron chi connectivity index (χ4n) is 1.52. The van der Waals surface area contributed by atoms with E-state index in [4.69, 9.17) is 6.11 Å². The first-order valence-electron chi connectivity index (χ1n) is 5.99. The smallest absolute Gasteiger partial charge is 0.369 e. The van der Waals surface area contributed by atoms with Crippen molar-refractivity contribution in [2.24, 2.45) is 14.1 Å². The predicted molar refractivity (Wildman–Crippen MR) is 67.6 cm³/mol. The monoisotopic (exact) mass is 296 g/mol. The van der Waals surface area contributed by atoms with E-state index in [1.54, 1.807) is 12.4 Å². The second-order valence-electron chi connectivity index (χ2n) is 3.79. The first kappa shape index (κ1) is 11.3. The van der Waals surface area contributed by atoms with Gasteiger partial charge in [0.2, 0.25) is 5.82 Å². The van der Waals surface area contributed by atoms with Crippen molar-refractivity contribution in [2.45, 2.75) is 6.61 Å². The quantitative estimate of drug-likeness (QED) is 0.616. The zero-order valence-electron chi connectivity index (χ0n) is 11.6. The van der Waals surface area contributed by atoms with Crippen LogP contribution in [-0.4, -0.2) is 39.8 Å². The third kappa shape index (κ3) is 2.18. The van der Waals surface area contributed by atoms with Crippen molar-refractivity contribution in [1.82, 2.24) is 39.8 Å². The van der Waals surface area contributed by atoms with E-state index in [2.05, 4.69) is 25.6 Å². The van der Waals surface area contributed by atoms with Gasteiger partial charge in [-0.25, -0.2) is 9.78 Å². The molecule has 0 aliphatic carbocycles. The van der Waals surface area contributed by atoms with Gasteiger partial charge in [0, 0.05) is 25.6 Å². The molecule has 104 valence electrons. The number of tetrazole rings is 1. The Bertz CT molecular complexity index is 833. The van der Waals surface area contributed by atoms with Crippen molar-refractivity contribution < 1.29 is 6.11 Å². The van der Waals surface area contributed by atoms with Crippen LogP contribution in [0.15, 0.2) is 16.3 Å². The average Bonchev–Trinajstić information content (AvgIpc) is 3.10. The van der Waals surface area contributed by atoms with Crippen molar-refractivity contribution in [3.8, 4) is 11.0 Å². The maximum Gasteiger partial charge on any atom is 0.369 e. The highest BCUT2D eigenvalue weighted by Crippen LogP contribution is 2.16. The Kier molecular flexibility index (Phi) is 2.73. The van der Waals surface area contributed by atoms with Gasteiger partial charge in [-0.05, 0) is 10.4 Å². The molecule has 3 aromatic rings. The molecular weight excluding hydrogens is 284 g/mol. The van der Waals surface area contributed by atoms with Crippen LogP contribution in [-0.2, 0) is 20.7 Å². The Labute approximate surface area is 117 Å². The summed E-state index contributed by atoms with van der Waals surface area (Å²) >= 11 is 1.21. The molecule has 0 unspecified atom stereocenters. The summed E-state index contributed by atoms with van der Waals surface area (Å²) in [5.74, 6) is 0.248. The summed E-state index contributed by atoms with van der Waals surface area (Å²) in [7, 11) is 3.11. The molecule has 0 aliphatic rings. The van der Waals surface area contributed by atoms with E-state index in [1.807, 2.05) is 0 Å². The van der Waals surface area contributed by atoms with Crippen LogP contribution in [0.3, 0.4) is 0 Å². The first-order valence-corrected chi connectivity index (χ1v) is 6.37. The molecule has 0 saturated carbocycles. The Morgan fingerprint density at radius 1 is 1.40 bits per heavy atom. The molecule has 3 aromatic heterocycles. The van der Waals surface area contributed by atoms with Gasteiger partial charge in [0.15, 0.2) is 0 Å². The molecule has 10 nitrogen and oxygen atoms in total. The van der Waals surface area contributed by atoms with E-state index in [9.17, 15) is 4.79 Å². The first-order chi connectivity index (χ1) is 10.0. The van der Waals surface area contributed by atoms with Crippen LogP contribution in [0.25, 0.3) is 5.82 Å². The van der Waals surface area contributed by atoms with Crippen LogP contribution >= 0.6 is 11.3 Å². The summed E-state index contributed by atoms with van der Waals surface area (Å²) in [6.07, 6.45) is 0.138. The summed E-state index contributed by atoms with van der Waals surface area (Å²) in [5.41, 5.74) is -0.0127. The zero-order valence-corrected chi connectivity index (χ0v) is 11.4. The second kappa shape index (κ2) is 4.85. The molecule has 0 aliphatic heterocycles. The topological polar surface area (TPSA) is 106 Å². The van der Waals surface area contributed by atoms with Gasteiger partial charge in [0.1, 0.15) is 12.3 Å². The fraction of sp³-hybridized carbons (Fsp3) is 0.333. The minimum atomic E-state index is -0.431. The molecule has 11 heteroatoms. The van der Waals surface area contributed by atoms with Gasteiger partial charge in [-0.1, -0.05) is 11.3 Å². The normalized spacial score (nSPS) is 11.6. The van der Waals surface area contributed by atoms with Crippen LogP contribution in [0.4, 0.5) is 0 Å². The highest BCUT2D eigenvalue weighted by Gasteiger charge is 2.17. The van der Waals surface area contributed by atoms with Crippen LogP contribution in [0.5, 0.6) is 5.19 Å². The summed E-state index contributed by atoms with van der Waals surface area (Å²) in [5, 5.41) is 17.5. The lowest BCUT2D eigenvalue weighted by Crippen LogP contribution is -2.23. The third-order valence-electron chi connectivity index (χ3n) is 2.39. The van der Waals surface area contributed by atoms with Crippen LogP contribution in [0, 0.1) is 0 Å². The number of aryl methyl sites for hydroxylation is 2. The molecule has 0 bridgehead atoms. The molecule has 0 amide bonds. The molecule has 0 saturated heterocycles. The van der Waals surface area contributed by atoms with Crippen molar-refractivity contribution >= 4 is 11.3 Å². The van der Waals surface area contributed by atoms with Gasteiger partial charge in [-0.15, -0.1) is 9.78 Å². The molecule has 0 spiro atoms. The van der Waals surface area contributed by atoms with E-state index >= 15 is 0 Å².